The second-order valence-corrected chi connectivity index (χ2v) is 6.98. The van der Waals surface area contributed by atoms with Gasteiger partial charge in [-0.2, -0.15) is 0 Å². The smallest absolute Gasteiger partial charge is 0.252 e. The summed E-state index contributed by atoms with van der Waals surface area (Å²) in [5.41, 5.74) is 0.551. The molecule has 5 heteroatoms. The molecule has 2 rings (SSSR count). The molecule has 110 valence electrons. The van der Waals surface area contributed by atoms with Gasteiger partial charge in [0.15, 0.2) is 0 Å². The molecule has 1 fully saturated rings. The van der Waals surface area contributed by atoms with Gasteiger partial charge in [-0.3, -0.25) is 4.79 Å². The van der Waals surface area contributed by atoms with Crippen LogP contribution >= 0.6 is 39.1 Å². The van der Waals surface area contributed by atoms with Gasteiger partial charge in [-0.1, -0.05) is 36.9 Å². The SMILES string of the molecule is O=C(NCC1(CCl)CCCCC1)c1cccc(Br)c1Cl. The first-order valence-electron chi connectivity index (χ1n) is 6.86. The first-order chi connectivity index (χ1) is 9.58. The minimum absolute atomic E-state index is 0.0496. The van der Waals surface area contributed by atoms with E-state index in [9.17, 15) is 4.79 Å². The molecule has 1 aliphatic carbocycles. The largest absolute Gasteiger partial charge is 0.351 e. The zero-order chi connectivity index (χ0) is 14.6. The lowest BCUT2D eigenvalue weighted by atomic mass is 9.75. The highest BCUT2D eigenvalue weighted by atomic mass is 79.9. The first-order valence-corrected chi connectivity index (χ1v) is 8.57. The summed E-state index contributed by atoms with van der Waals surface area (Å²) in [7, 11) is 0. The number of benzene rings is 1. The van der Waals surface area contributed by atoms with E-state index in [4.69, 9.17) is 23.2 Å². The van der Waals surface area contributed by atoms with Crippen LogP contribution in [0.25, 0.3) is 0 Å². The van der Waals surface area contributed by atoms with E-state index in [2.05, 4.69) is 21.2 Å². The highest BCUT2D eigenvalue weighted by Gasteiger charge is 2.31. The van der Waals surface area contributed by atoms with Crippen LogP contribution in [0.2, 0.25) is 5.02 Å². The number of hydrogen-bond donors (Lipinski definition) is 1. The summed E-state index contributed by atoms with van der Waals surface area (Å²) in [5.74, 6) is 0.464. The van der Waals surface area contributed by atoms with Crippen LogP contribution in [0.3, 0.4) is 0 Å². The number of rotatable bonds is 4. The number of hydrogen-bond acceptors (Lipinski definition) is 1. The van der Waals surface area contributed by atoms with Crippen molar-refractivity contribution in [2.75, 3.05) is 12.4 Å². The Labute approximate surface area is 138 Å². The second-order valence-electron chi connectivity index (χ2n) is 5.48. The molecule has 20 heavy (non-hydrogen) atoms. The Morgan fingerprint density at radius 2 is 2.00 bits per heavy atom. The maximum Gasteiger partial charge on any atom is 0.252 e. The van der Waals surface area contributed by atoms with Crippen LogP contribution < -0.4 is 5.32 Å². The van der Waals surface area contributed by atoms with E-state index in [1.165, 1.54) is 19.3 Å². The lowest BCUT2D eigenvalue weighted by molar-refractivity contribution is 0.0921. The van der Waals surface area contributed by atoms with E-state index in [0.717, 1.165) is 17.3 Å². The summed E-state index contributed by atoms with van der Waals surface area (Å²) >= 11 is 15.6. The molecule has 1 aromatic carbocycles. The summed E-state index contributed by atoms with van der Waals surface area (Å²) < 4.78 is 0.733. The van der Waals surface area contributed by atoms with Gasteiger partial charge in [0.25, 0.3) is 5.91 Å². The Morgan fingerprint density at radius 3 is 2.65 bits per heavy atom. The maximum absolute atomic E-state index is 12.3. The van der Waals surface area contributed by atoms with E-state index < -0.39 is 0 Å². The summed E-state index contributed by atoms with van der Waals surface area (Å²) in [6.45, 7) is 0.623. The fraction of sp³-hybridized carbons (Fsp3) is 0.533. The van der Waals surface area contributed by atoms with Crippen molar-refractivity contribution >= 4 is 45.0 Å². The summed E-state index contributed by atoms with van der Waals surface area (Å²) in [6.07, 6.45) is 5.83. The van der Waals surface area contributed by atoms with Crippen molar-refractivity contribution in [2.45, 2.75) is 32.1 Å². The molecule has 0 saturated heterocycles. The number of alkyl halides is 1. The monoisotopic (exact) mass is 377 g/mol. The minimum Gasteiger partial charge on any atom is -0.351 e. The van der Waals surface area contributed by atoms with Crippen molar-refractivity contribution in [3.63, 3.8) is 0 Å². The fourth-order valence-corrected chi connectivity index (χ4v) is 3.64. The molecule has 1 saturated carbocycles. The van der Waals surface area contributed by atoms with Gasteiger partial charge in [0.05, 0.1) is 10.6 Å². The van der Waals surface area contributed by atoms with E-state index >= 15 is 0 Å². The van der Waals surface area contributed by atoms with Gasteiger partial charge in [-0.25, -0.2) is 0 Å². The molecule has 0 spiro atoms. The number of halogens is 3. The Balaban J connectivity index is 2.02. The molecule has 1 aliphatic rings. The Kier molecular flexibility index (Phi) is 5.76. The maximum atomic E-state index is 12.3. The van der Waals surface area contributed by atoms with Crippen molar-refractivity contribution in [3.05, 3.63) is 33.3 Å². The van der Waals surface area contributed by atoms with Crippen molar-refractivity contribution in [2.24, 2.45) is 5.41 Å². The molecule has 0 aliphatic heterocycles. The summed E-state index contributed by atoms with van der Waals surface area (Å²) in [6, 6.07) is 5.36. The Morgan fingerprint density at radius 1 is 1.30 bits per heavy atom. The molecule has 0 unspecified atom stereocenters. The second kappa shape index (κ2) is 7.15. The summed E-state index contributed by atoms with van der Waals surface area (Å²) in [4.78, 5) is 12.3. The van der Waals surface area contributed by atoms with Crippen molar-refractivity contribution < 1.29 is 4.79 Å². The Hall–Kier alpha value is -0.250. The zero-order valence-corrected chi connectivity index (χ0v) is 14.3. The first kappa shape index (κ1) is 16.1. The lowest BCUT2D eigenvalue weighted by Gasteiger charge is -2.35. The topological polar surface area (TPSA) is 29.1 Å². The zero-order valence-electron chi connectivity index (χ0n) is 11.2. The van der Waals surface area contributed by atoms with Crippen LogP contribution in [0.1, 0.15) is 42.5 Å². The van der Waals surface area contributed by atoms with Crippen molar-refractivity contribution in [3.8, 4) is 0 Å². The van der Waals surface area contributed by atoms with Gasteiger partial charge in [0, 0.05) is 22.3 Å². The molecule has 0 atom stereocenters. The molecule has 1 N–H and O–H groups in total. The number of carbonyl (C=O) groups is 1. The van der Waals surface area contributed by atoms with Crippen LogP contribution in [0.4, 0.5) is 0 Å². The highest BCUT2D eigenvalue weighted by Crippen LogP contribution is 2.37. The molecular formula is C15H18BrCl2NO. The molecule has 0 bridgehead atoms. The van der Waals surface area contributed by atoms with E-state index in [1.807, 2.05) is 12.1 Å². The molecule has 2 nitrogen and oxygen atoms in total. The third-order valence-corrected chi connectivity index (χ3v) is 5.88. The van der Waals surface area contributed by atoms with E-state index in [1.54, 1.807) is 6.07 Å². The van der Waals surface area contributed by atoms with Crippen molar-refractivity contribution in [1.29, 1.82) is 0 Å². The quantitative estimate of drug-likeness (QED) is 0.732. The van der Waals surface area contributed by atoms with Crippen LogP contribution in [-0.4, -0.2) is 18.3 Å². The highest BCUT2D eigenvalue weighted by molar-refractivity contribution is 9.10. The van der Waals surface area contributed by atoms with Gasteiger partial charge in [0.2, 0.25) is 0 Å². The third-order valence-electron chi connectivity index (χ3n) is 4.02. The molecule has 0 radical (unpaired) electrons. The van der Waals surface area contributed by atoms with E-state index in [-0.39, 0.29) is 11.3 Å². The van der Waals surface area contributed by atoms with Crippen LogP contribution in [0.15, 0.2) is 22.7 Å². The standard InChI is InChI=1S/C15H18BrCl2NO/c16-12-6-4-5-11(13(12)18)14(20)19-10-15(9-17)7-2-1-3-8-15/h4-6H,1-3,7-10H2,(H,19,20). The summed E-state index contributed by atoms with van der Waals surface area (Å²) in [5, 5.41) is 3.45. The number of nitrogens with one attached hydrogen (secondary N) is 1. The lowest BCUT2D eigenvalue weighted by Crippen LogP contribution is -2.40. The molecular weight excluding hydrogens is 361 g/mol. The number of carbonyl (C=O) groups excluding carboxylic acids is 1. The van der Waals surface area contributed by atoms with Gasteiger partial charge in [-0.15, -0.1) is 11.6 Å². The van der Waals surface area contributed by atoms with Crippen LogP contribution in [-0.2, 0) is 0 Å². The van der Waals surface area contributed by atoms with Gasteiger partial charge in [0.1, 0.15) is 0 Å². The predicted molar refractivity (Wildman–Crippen MR) is 87.7 cm³/mol. The van der Waals surface area contributed by atoms with Gasteiger partial charge < -0.3 is 5.32 Å². The van der Waals surface area contributed by atoms with E-state index in [0.29, 0.717) is 23.0 Å². The van der Waals surface area contributed by atoms with Crippen molar-refractivity contribution in [1.82, 2.24) is 5.32 Å². The predicted octanol–water partition coefficient (Wildman–Crippen LogP) is 5.02. The normalized spacial score (nSPS) is 17.8. The van der Waals surface area contributed by atoms with Gasteiger partial charge >= 0.3 is 0 Å². The van der Waals surface area contributed by atoms with Crippen LogP contribution in [0, 0.1) is 5.41 Å². The third kappa shape index (κ3) is 3.69. The Bertz CT molecular complexity index is 487. The molecule has 0 aromatic heterocycles. The fourth-order valence-electron chi connectivity index (χ4n) is 2.70. The molecule has 1 amide bonds. The average molecular weight is 379 g/mol. The molecule has 1 aromatic rings. The number of amides is 1. The average Bonchev–Trinajstić information content (AvgIpc) is 2.48. The van der Waals surface area contributed by atoms with Gasteiger partial charge in [-0.05, 0) is 40.9 Å². The minimum atomic E-state index is -0.133. The van der Waals surface area contributed by atoms with Crippen LogP contribution in [0.5, 0.6) is 0 Å². The molecule has 0 heterocycles.